The number of aliphatic hydroxyl groups is 1. The molecule has 0 unspecified atom stereocenters. The van der Waals surface area contributed by atoms with Crippen LogP contribution in [0.15, 0.2) is 30.4 Å². The highest BCUT2D eigenvalue weighted by Gasteiger charge is 2.20. The Hall–Kier alpha value is -2.22. The van der Waals surface area contributed by atoms with E-state index in [9.17, 15) is 18.0 Å². The molecule has 22 heavy (non-hydrogen) atoms. The Morgan fingerprint density at radius 1 is 1.41 bits per heavy atom. The number of nitrogens with one attached hydrogen (secondary N) is 2. The maximum Gasteiger partial charge on any atom is 0.387 e. The minimum absolute atomic E-state index is 0.00705. The molecule has 0 heterocycles. The highest BCUT2D eigenvalue weighted by molar-refractivity contribution is 5.89. The van der Waals surface area contributed by atoms with Crippen molar-refractivity contribution >= 4 is 11.7 Å². The van der Waals surface area contributed by atoms with Gasteiger partial charge in [-0.1, -0.05) is 12.2 Å². The predicted molar refractivity (Wildman–Crippen MR) is 73.3 cm³/mol. The van der Waals surface area contributed by atoms with E-state index >= 15 is 0 Å². The molecule has 0 saturated carbocycles. The minimum atomic E-state index is -3.12. The van der Waals surface area contributed by atoms with Crippen molar-refractivity contribution in [1.82, 2.24) is 5.32 Å². The number of alkyl halides is 2. The molecular weight excluding hydrogens is 301 g/mol. The molecule has 2 amide bonds. The fourth-order valence-electron chi connectivity index (χ4n) is 2.12. The smallest absolute Gasteiger partial charge is 0.387 e. The first-order valence-corrected chi connectivity index (χ1v) is 6.59. The van der Waals surface area contributed by atoms with E-state index in [2.05, 4.69) is 15.4 Å². The van der Waals surface area contributed by atoms with E-state index in [1.165, 1.54) is 6.07 Å². The minimum Gasteiger partial charge on any atom is -0.432 e. The molecular formula is C14H15F3N2O3. The molecule has 1 aliphatic rings. The largest absolute Gasteiger partial charge is 0.432 e. The average molecular weight is 316 g/mol. The number of aliphatic hydroxyl groups excluding tert-OH is 1. The zero-order valence-electron chi connectivity index (χ0n) is 11.4. The van der Waals surface area contributed by atoms with Crippen molar-refractivity contribution < 1.29 is 27.8 Å². The van der Waals surface area contributed by atoms with E-state index < -0.39 is 24.2 Å². The molecule has 5 nitrogen and oxygen atoms in total. The third-order valence-corrected chi connectivity index (χ3v) is 3.13. The molecule has 2 atom stereocenters. The Bertz CT molecular complexity index is 566. The lowest BCUT2D eigenvalue weighted by Crippen LogP contribution is -2.36. The van der Waals surface area contributed by atoms with Gasteiger partial charge in [0.25, 0.3) is 0 Å². The number of rotatable bonds is 5. The van der Waals surface area contributed by atoms with Crippen LogP contribution in [0.1, 0.15) is 6.42 Å². The zero-order valence-corrected chi connectivity index (χ0v) is 11.4. The number of halogens is 3. The van der Waals surface area contributed by atoms with Gasteiger partial charge >= 0.3 is 12.6 Å². The van der Waals surface area contributed by atoms with Crippen molar-refractivity contribution in [3.8, 4) is 5.75 Å². The van der Waals surface area contributed by atoms with Gasteiger partial charge < -0.3 is 20.5 Å². The molecule has 0 aromatic heterocycles. The van der Waals surface area contributed by atoms with Crippen molar-refractivity contribution in [1.29, 1.82) is 0 Å². The van der Waals surface area contributed by atoms with Crippen molar-refractivity contribution in [3.05, 3.63) is 36.2 Å². The first-order chi connectivity index (χ1) is 10.5. The van der Waals surface area contributed by atoms with Gasteiger partial charge in [0.15, 0.2) is 11.6 Å². The van der Waals surface area contributed by atoms with Crippen LogP contribution in [0.4, 0.5) is 23.7 Å². The second kappa shape index (κ2) is 7.17. The first-order valence-electron chi connectivity index (χ1n) is 6.59. The summed E-state index contributed by atoms with van der Waals surface area (Å²) < 4.78 is 41.5. The number of urea groups is 1. The molecule has 3 N–H and O–H groups in total. The molecule has 1 aliphatic carbocycles. The molecule has 0 bridgehead atoms. The topological polar surface area (TPSA) is 70.6 Å². The van der Waals surface area contributed by atoms with Gasteiger partial charge in [0.1, 0.15) is 0 Å². The van der Waals surface area contributed by atoms with Crippen LogP contribution in [0.3, 0.4) is 0 Å². The van der Waals surface area contributed by atoms with Gasteiger partial charge in [-0.2, -0.15) is 8.78 Å². The molecule has 0 aliphatic heterocycles. The molecule has 0 fully saturated rings. The van der Waals surface area contributed by atoms with Gasteiger partial charge in [0.05, 0.1) is 0 Å². The van der Waals surface area contributed by atoms with E-state index in [1.807, 2.05) is 0 Å². The molecule has 120 valence electrons. The third kappa shape index (κ3) is 4.39. The van der Waals surface area contributed by atoms with Gasteiger partial charge in [-0.05, 0) is 18.6 Å². The van der Waals surface area contributed by atoms with Crippen LogP contribution < -0.4 is 15.4 Å². The van der Waals surface area contributed by atoms with E-state index in [-0.39, 0.29) is 24.3 Å². The van der Waals surface area contributed by atoms with Crippen molar-refractivity contribution in [2.45, 2.75) is 19.1 Å². The third-order valence-electron chi connectivity index (χ3n) is 3.13. The summed E-state index contributed by atoms with van der Waals surface area (Å²) in [6, 6.07) is 2.37. The van der Waals surface area contributed by atoms with E-state index in [0.29, 0.717) is 6.42 Å². The molecule has 2 rings (SSSR count). The van der Waals surface area contributed by atoms with Crippen LogP contribution in [-0.2, 0) is 0 Å². The molecule has 1 aromatic rings. The number of anilines is 1. The summed E-state index contributed by atoms with van der Waals surface area (Å²) in [4.78, 5) is 11.7. The SMILES string of the molecule is O=C(Nc1ccc(OC(F)F)c(F)c1)N[C@@H]1C=C[C@H](CO)C1. The summed E-state index contributed by atoms with van der Waals surface area (Å²) in [6.45, 7) is -3.11. The highest BCUT2D eigenvalue weighted by Crippen LogP contribution is 2.23. The van der Waals surface area contributed by atoms with Crippen LogP contribution in [0.25, 0.3) is 0 Å². The first kappa shape index (κ1) is 16.2. The standard InChI is InChI=1S/C14H15F3N2O3/c15-11-6-10(3-4-12(11)22-13(16)17)19-14(21)18-9-2-1-8(5-9)7-20/h1-4,6,8-9,13,20H,5,7H2,(H2,18,19,21)/t8-,9+/m0/s1. The van der Waals surface area contributed by atoms with Crippen molar-refractivity contribution in [2.75, 3.05) is 11.9 Å². The fraction of sp³-hybridized carbons (Fsp3) is 0.357. The quantitative estimate of drug-likeness (QED) is 0.731. The Morgan fingerprint density at radius 2 is 2.18 bits per heavy atom. The Labute approximate surface area is 124 Å². The Balaban J connectivity index is 1.89. The van der Waals surface area contributed by atoms with Gasteiger partial charge in [-0.25, -0.2) is 9.18 Å². The summed E-state index contributed by atoms with van der Waals surface area (Å²) in [6.07, 6.45) is 4.15. The number of carbonyl (C=O) groups is 1. The monoisotopic (exact) mass is 316 g/mol. The molecule has 8 heteroatoms. The van der Waals surface area contributed by atoms with Crippen molar-refractivity contribution in [2.24, 2.45) is 5.92 Å². The Kier molecular flexibility index (Phi) is 5.26. The number of carbonyl (C=O) groups excluding carboxylic acids is 1. The number of hydrogen-bond donors (Lipinski definition) is 3. The average Bonchev–Trinajstić information content (AvgIpc) is 2.89. The summed E-state index contributed by atoms with van der Waals surface area (Å²) in [5.41, 5.74) is 0.109. The fourth-order valence-corrected chi connectivity index (χ4v) is 2.12. The molecule has 1 aromatic carbocycles. The number of amides is 2. The van der Waals surface area contributed by atoms with E-state index in [0.717, 1.165) is 12.1 Å². The second-order valence-electron chi connectivity index (χ2n) is 4.79. The summed E-state index contributed by atoms with van der Waals surface area (Å²) >= 11 is 0. The van der Waals surface area contributed by atoms with Crippen molar-refractivity contribution in [3.63, 3.8) is 0 Å². The van der Waals surface area contributed by atoms with Gasteiger partial charge in [0.2, 0.25) is 0 Å². The predicted octanol–water partition coefficient (Wildman–Crippen LogP) is 2.49. The van der Waals surface area contributed by atoms with Crippen LogP contribution in [0.2, 0.25) is 0 Å². The van der Waals surface area contributed by atoms with E-state index in [4.69, 9.17) is 5.11 Å². The van der Waals surface area contributed by atoms with Gasteiger partial charge in [0, 0.05) is 30.3 Å². The highest BCUT2D eigenvalue weighted by atomic mass is 19.3. The van der Waals surface area contributed by atoms with Crippen LogP contribution >= 0.6 is 0 Å². The summed E-state index contributed by atoms with van der Waals surface area (Å²) in [5.74, 6) is -1.58. The summed E-state index contributed by atoms with van der Waals surface area (Å²) in [7, 11) is 0. The van der Waals surface area contributed by atoms with Gasteiger partial charge in [-0.15, -0.1) is 0 Å². The van der Waals surface area contributed by atoms with E-state index in [1.54, 1.807) is 12.2 Å². The van der Waals surface area contributed by atoms with Crippen LogP contribution in [0.5, 0.6) is 5.75 Å². The lowest BCUT2D eigenvalue weighted by molar-refractivity contribution is -0.0521. The lowest BCUT2D eigenvalue weighted by Gasteiger charge is -2.14. The van der Waals surface area contributed by atoms with Gasteiger partial charge in [-0.3, -0.25) is 0 Å². The lowest BCUT2D eigenvalue weighted by atomic mass is 10.1. The molecule has 0 radical (unpaired) electrons. The number of benzene rings is 1. The number of hydrogen-bond acceptors (Lipinski definition) is 3. The van der Waals surface area contributed by atoms with Crippen LogP contribution in [-0.4, -0.2) is 30.4 Å². The molecule has 0 saturated heterocycles. The Morgan fingerprint density at radius 3 is 2.77 bits per heavy atom. The van der Waals surface area contributed by atoms with Crippen LogP contribution in [0, 0.1) is 11.7 Å². The second-order valence-corrected chi connectivity index (χ2v) is 4.79. The normalized spacial score (nSPS) is 20.2. The number of ether oxygens (including phenoxy) is 1. The molecule has 0 spiro atoms. The summed E-state index contributed by atoms with van der Waals surface area (Å²) in [5, 5.41) is 14.0. The zero-order chi connectivity index (χ0) is 16.1. The maximum absolute atomic E-state index is 13.5. The maximum atomic E-state index is 13.5.